The molecular formula is C19H29NO2. The predicted molar refractivity (Wildman–Crippen MR) is 91.4 cm³/mol. The lowest BCUT2D eigenvalue weighted by Gasteiger charge is -2.11. The van der Waals surface area contributed by atoms with E-state index in [0.717, 1.165) is 25.7 Å². The maximum Gasteiger partial charge on any atom is 0.229 e. The van der Waals surface area contributed by atoms with Gasteiger partial charge in [-0.25, -0.2) is 0 Å². The van der Waals surface area contributed by atoms with Crippen molar-refractivity contribution < 1.29 is 9.59 Å². The fourth-order valence-electron chi connectivity index (χ4n) is 2.41. The van der Waals surface area contributed by atoms with Crippen LogP contribution < -0.4 is 0 Å². The number of amides is 2. The smallest absolute Gasteiger partial charge is 0.229 e. The highest BCUT2D eigenvalue weighted by Gasteiger charge is 2.27. The second-order valence-electron chi connectivity index (χ2n) is 6.36. The van der Waals surface area contributed by atoms with Gasteiger partial charge in [0.2, 0.25) is 11.8 Å². The third kappa shape index (κ3) is 6.88. The van der Waals surface area contributed by atoms with Crippen molar-refractivity contribution in [1.82, 2.24) is 4.90 Å². The molecule has 1 aliphatic heterocycles. The highest BCUT2D eigenvalue weighted by molar-refractivity contribution is 6.02. The van der Waals surface area contributed by atoms with E-state index in [1.807, 2.05) is 6.08 Å². The fourth-order valence-corrected chi connectivity index (χ4v) is 2.41. The number of hydrogen-bond donors (Lipinski definition) is 0. The van der Waals surface area contributed by atoms with Crippen LogP contribution in [-0.2, 0) is 9.59 Å². The van der Waals surface area contributed by atoms with Crippen LogP contribution in [0.5, 0.6) is 0 Å². The maximum atomic E-state index is 11.5. The van der Waals surface area contributed by atoms with Gasteiger partial charge in [0.15, 0.2) is 0 Å². The number of imide groups is 1. The zero-order valence-electron chi connectivity index (χ0n) is 14.4. The molecule has 0 atom stereocenters. The molecule has 3 nitrogen and oxygen atoms in total. The van der Waals surface area contributed by atoms with Gasteiger partial charge < -0.3 is 0 Å². The van der Waals surface area contributed by atoms with Gasteiger partial charge in [-0.05, 0) is 53.4 Å². The van der Waals surface area contributed by atoms with Crippen molar-refractivity contribution in [3.05, 3.63) is 34.9 Å². The number of carbonyl (C=O) groups is 2. The highest BCUT2D eigenvalue weighted by atomic mass is 16.2. The van der Waals surface area contributed by atoms with Crippen molar-refractivity contribution in [1.29, 1.82) is 0 Å². The van der Waals surface area contributed by atoms with Gasteiger partial charge in [0.25, 0.3) is 0 Å². The lowest BCUT2D eigenvalue weighted by molar-refractivity contribution is -0.137. The van der Waals surface area contributed by atoms with Gasteiger partial charge in [-0.2, -0.15) is 0 Å². The molecule has 2 amide bonds. The molecule has 1 rings (SSSR count). The van der Waals surface area contributed by atoms with E-state index in [1.165, 1.54) is 21.6 Å². The Labute approximate surface area is 134 Å². The zero-order valence-corrected chi connectivity index (χ0v) is 14.4. The molecule has 1 heterocycles. The van der Waals surface area contributed by atoms with Gasteiger partial charge in [0.1, 0.15) is 0 Å². The van der Waals surface area contributed by atoms with Crippen molar-refractivity contribution in [2.75, 3.05) is 6.54 Å². The van der Waals surface area contributed by atoms with E-state index >= 15 is 0 Å². The zero-order chi connectivity index (χ0) is 16.5. The van der Waals surface area contributed by atoms with Gasteiger partial charge in [0, 0.05) is 19.4 Å². The van der Waals surface area contributed by atoms with Crippen molar-refractivity contribution in [3.63, 3.8) is 0 Å². The number of rotatable bonds is 8. The van der Waals surface area contributed by atoms with E-state index in [4.69, 9.17) is 0 Å². The summed E-state index contributed by atoms with van der Waals surface area (Å²) in [5.74, 6) is -0.0758. The minimum atomic E-state index is -0.0379. The van der Waals surface area contributed by atoms with E-state index in [0.29, 0.717) is 19.4 Å². The molecule has 0 aromatic carbocycles. The minimum absolute atomic E-state index is 0.0379. The Kier molecular flexibility index (Phi) is 7.86. The molecule has 1 aliphatic rings. The van der Waals surface area contributed by atoms with Crippen molar-refractivity contribution in [2.45, 2.75) is 66.2 Å². The van der Waals surface area contributed by atoms with Crippen LogP contribution in [0.4, 0.5) is 0 Å². The predicted octanol–water partition coefficient (Wildman–Crippen LogP) is 4.55. The molecule has 122 valence electrons. The van der Waals surface area contributed by atoms with Gasteiger partial charge >= 0.3 is 0 Å². The van der Waals surface area contributed by atoms with E-state index in [1.54, 1.807) is 0 Å². The summed E-state index contributed by atoms with van der Waals surface area (Å²) in [6, 6.07) is 0. The van der Waals surface area contributed by atoms with Gasteiger partial charge in [0.05, 0.1) is 0 Å². The average Bonchev–Trinajstić information content (AvgIpc) is 2.75. The van der Waals surface area contributed by atoms with Crippen LogP contribution in [0.3, 0.4) is 0 Å². The van der Waals surface area contributed by atoms with Crippen LogP contribution in [0.2, 0.25) is 0 Å². The average molecular weight is 303 g/mol. The van der Waals surface area contributed by atoms with Crippen LogP contribution in [0.1, 0.15) is 66.2 Å². The van der Waals surface area contributed by atoms with E-state index < -0.39 is 0 Å². The third-order valence-corrected chi connectivity index (χ3v) is 3.90. The van der Waals surface area contributed by atoms with Crippen molar-refractivity contribution in [3.8, 4) is 0 Å². The topological polar surface area (TPSA) is 37.4 Å². The minimum Gasteiger partial charge on any atom is -0.279 e. The summed E-state index contributed by atoms with van der Waals surface area (Å²) in [5.41, 5.74) is 4.04. The second kappa shape index (κ2) is 9.39. The normalized spacial score (nSPS) is 16.5. The SMILES string of the molecule is CC(C)=CCC/C(C)=C/CC/C(C)=C/CN1C(=O)CCC1=O. The molecule has 1 fully saturated rings. The second-order valence-corrected chi connectivity index (χ2v) is 6.36. The quantitative estimate of drug-likeness (QED) is 0.487. The molecule has 0 bridgehead atoms. The molecule has 1 saturated heterocycles. The number of carbonyl (C=O) groups excluding carboxylic acids is 2. The van der Waals surface area contributed by atoms with Crippen molar-refractivity contribution in [2.24, 2.45) is 0 Å². The lowest BCUT2D eigenvalue weighted by Crippen LogP contribution is -2.29. The van der Waals surface area contributed by atoms with Crippen LogP contribution in [0, 0.1) is 0 Å². The van der Waals surface area contributed by atoms with Gasteiger partial charge in [-0.15, -0.1) is 0 Å². The number of likely N-dealkylation sites (tertiary alicyclic amines) is 1. The van der Waals surface area contributed by atoms with E-state index in [-0.39, 0.29) is 11.8 Å². The molecule has 0 N–H and O–H groups in total. The van der Waals surface area contributed by atoms with Crippen molar-refractivity contribution >= 4 is 11.8 Å². The lowest BCUT2D eigenvalue weighted by atomic mass is 10.1. The largest absolute Gasteiger partial charge is 0.279 e. The number of nitrogens with zero attached hydrogens (tertiary/aromatic N) is 1. The highest BCUT2D eigenvalue weighted by Crippen LogP contribution is 2.14. The standard InChI is InChI=1S/C19H29NO2/c1-15(2)7-5-8-16(3)9-6-10-17(4)13-14-20-18(21)11-12-19(20)22/h7,9,13H,5-6,8,10-12,14H2,1-4H3/b16-9+,17-13+. The fraction of sp³-hybridized carbons (Fsp3) is 0.579. The van der Waals surface area contributed by atoms with Crippen LogP contribution in [0.15, 0.2) is 34.9 Å². The summed E-state index contributed by atoms with van der Waals surface area (Å²) >= 11 is 0. The summed E-state index contributed by atoms with van der Waals surface area (Å²) in [6.45, 7) is 8.94. The van der Waals surface area contributed by atoms with Gasteiger partial charge in [-0.3, -0.25) is 14.5 Å². The molecule has 0 unspecified atom stereocenters. The molecule has 0 aliphatic carbocycles. The molecule has 22 heavy (non-hydrogen) atoms. The Hall–Kier alpha value is -1.64. The first-order valence-corrected chi connectivity index (χ1v) is 8.18. The molecule has 0 spiro atoms. The first-order chi connectivity index (χ1) is 10.4. The molecule has 0 saturated carbocycles. The molecular weight excluding hydrogens is 274 g/mol. The Morgan fingerprint density at radius 3 is 1.91 bits per heavy atom. The first-order valence-electron chi connectivity index (χ1n) is 8.18. The summed E-state index contributed by atoms with van der Waals surface area (Å²) in [4.78, 5) is 24.4. The van der Waals surface area contributed by atoms with E-state index in [9.17, 15) is 9.59 Å². The molecule has 0 aromatic heterocycles. The van der Waals surface area contributed by atoms with Crippen LogP contribution in [-0.4, -0.2) is 23.3 Å². The molecule has 0 aromatic rings. The number of hydrogen-bond acceptors (Lipinski definition) is 2. The summed E-state index contributed by atoms with van der Waals surface area (Å²) in [7, 11) is 0. The van der Waals surface area contributed by atoms with Crippen LogP contribution >= 0.6 is 0 Å². The Bertz CT molecular complexity index is 478. The summed E-state index contributed by atoms with van der Waals surface area (Å²) in [5, 5.41) is 0. The maximum absolute atomic E-state index is 11.5. The van der Waals surface area contributed by atoms with E-state index in [2.05, 4.69) is 39.8 Å². The first kappa shape index (κ1) is 18.4. The van der Waals surface area contributed by atoms with Crippen LogP contribution in [0.25, 0.3) is 0 Å². The monoisotopic (exact) mass is 303 g/mol. The molecule has 0 radical (unpaired) electrons. The third-order valence-electron chi connectivity index (χ3n) is 3.90. The Morgan fingerprint density at radius 1 is 0.864 bits per heavy atom. The number of allylic oxidation sites excluding steroid dienone is 5. The van der Waals surface area contributed by atoms with Gasteiger partial charge in [-0.1, -0.05) is 34.9 Å². The summed E-state index contributed by atoms with van der Waals surface area (Å²) in [6.07, 6.45) is 11.5. The Balaban J connectivity index is 2.31. The summed E-state index contributed by atoms with van der Waals surface area (Å²) < 4.78 is 0. The molecule has 3 heteroatoms. The Morgan fingerprint density at radius 2 is 1.36 bits per heavy atom.